The molecule has 0 amide bonds. The van der Waals surface area contributed by atoms with Crippen molar-refractivity contribution in [2.75, 3.05) is 11.9 Å². The van der Waals surface area contributed by atoms with Gasteiger partial charge in [-0.05, 0) is 32.4 Å². The van der Waals surface area contributed by atoms with Crippen LogP contribution in [-0.4, -0.2) is 29.6 Å². The van der Waals surface area contributed by atoms with Crippen LogP contribution in [0, 0.1) is 20.8 Å². The van der Waals surface area contributed by atoms with Gasteiger partial charge in [0.2, 0.25) is 5.78 Å². The number of benzene rings is 1. The molecule has 0 bridgehead atoms. The molecule has 28 heavy (non-hydrogen) atoms. The van der Waals surface area contributed by atoms with Crippen molar-refractivity contribution < 1.29 is 0 Å². The summed E-state index contributed by atoms with van der Waals surface area (Å²) in [4.78, 5) is 29.4. The molecule has 4 aromatic rings. The third-order valence-corrected chi connectivity index (χ3v) is 5.29. The van der Waals surface area contributed by atoms with E-state index in [1.807, 2.05) is 13.1 Å². The van der Waals surface area contributed by atoms with Crippen molar-refractivity contribution in [2.45, 2.75) is 27.3 Å². The predicted molar refractivity (Wildman–Crippen MR) is 110 cm³/mol. The van der Waals surface area contributed by atoms with E-state index in [1.54, 1.807) is 11.4 Å². The standard InChI is InChI=1S/C20H24N6O2/c1-12-6-7-15(13(2)10-12)21-8-9-25-14(3)11-26-16-17(22-19(25)26)23(4)20(28)24(5)18(16)27/h6-7,10-11,21H,8-9H2,1-5H3. The second kappa shape index (κ2) is 6.40. The number of imidazole rings is 2. The Bertz CT molecular complexity index is 1340. The van der Waals surface area contributed by atoms with Crippen LogP contribution in [-0.2, 0) is 20.6 Å². The highest BCUT2D eigenvalue weighted by molar-refractivity contribution is 5.75. The lowest BCUT2D eigenvalue weighted by molar-refractivity contribution is 0.706. The number of aryl methyl sites for hydroxylation is 4. The van der Waals surface area contributed by atoms with E-state index in [2.05, 4.69) is 46.9 Å². The van der Waals surface area contributed by atoms with Gasteiger partial charge in [0.1, 0.15) is 0 Å². The Morgan fingerprint density at radius 3 is 2.54 bits per heavy atom. The van der Waals surface area contributed by atoms with Gasteiger partial charge in [0.05, 0.1) is 0 Å². The lowest BCUT2D eigenvalue weighted by atomic mass is 10.1. The molecule has 0 radical (unpaired) electrons. The summed E-state index contributed by atoms with van der Waals surface area (Å²) in [5.74, 6) is 0.660. The van der Waals surface area contributed by atoms with E-state index in [0.717, 1.165) is 22.5 Å². The van der Waals surface area contributed by atoms with Crippen LogP contribution in [0.4, 0.5) is 5.69 Å². The summed E-state index contributed by atoms with van der Waals surface area (Å²) in [5.41, 5.74) is 4.66. The van der Waals surface area contributed by atoms with E-state index in [4.69, 9.17) is 0 Å². The fraction of sp³-hybridized carbons (Fsp3) is 0.350. The second-order valence-electron chi connectivity index (χ2n) is 7.33. The Morgan fingerprint density at radius 1 is 1.07 bits per heavy atom. The lowest BCUT2D eigenvalue weighted by Gasteiger charge is -2.11. The molecule has 146 valence electrons. The molecule has 0 unspecified atom stereocenters. The maximum atomic E-state index is 12.6. The minimum Gasteiger partial charge on any atom is -0.383 e. The summed E-state index contributed by atoms with van der Waals surface area (Å²) in [6.07, 6.45) is 1.90. The van der Waals surface area contributed by atoms with Gasteiger partial charge in [-0.3, -0.25) is 18.3 Å². The maximum absolute atomic E-state index is 12.6. The van der Waals surface area contributed by atoms with Crippen LogP contribution < -0.4 is 16.6 Å². The summed E-state index contributed by atoms with van der Waals surface area (Å²) in [6, 6.07) is 6.33. The van der Waals surface area contributed by atoms with Crippen molar-refractivity contribution in [2.24, 2.45) is 14.1 Å². The number of anilines is 1. The van der Waals surface area contributed by atoms with Gasteiger partial charge in [0.25, 0.3) is 5.56 Å². The SMILES string of the molecule is Cc1ccc(NCCn2c(C)cn3c4c(=O)n(C)c(=O)n(C)c4nc23)c(C)c1. The number of aromatic nitrogens is 5. The highest BCUT2D eigenvalue weighted by Crippen LogP contribution is 2.18. The largest absolute Gasteiger partial charge is 0.383 e. The van der Waals surface area contributed by atoms with Crippen molar-refractivity contribution in [1.82, 2.24) is 23.1 Å². The normalized spacial score (nSPS) is 11.6. The monoisotopic (exact) mass is 380 g/mol. The molecule has 4 rings (SSSR count). The van der Waals surface area contributed by atoms with Gasteiger partial charge in [0.15, 0.2) is 11.2 Å². The Balaban J connectivity index is 1.73. The number of nitrogens with zero attached hydrogens (tertiary/aromatic N) is 5. The van der Waals surface area contributed by atoms with Crippen LogP contribution in [0.25, 0.3) is 16.9 Å². The molecule has 0 spiro atoms. The molecule has 0 atom stereocenters. The van der Waals surface area contributed by atoms with Crippen LogP contribution in [0.2, 0.25) is 0 Å². The summed E-state index contributed by atoms with van der Waals surface area (Å²) < 4.78 is 6.37. The van der Waals surface area contributed by atoms with E-state index in [-0.39, 0.29) is 11.2 Å². The van der Waals surface area contributed by atoms with Crippen molar-refractivity contribution >= 4 is 22.6 Å². The molecule has 1 N–H and O–H groups in total. The molecule has 0 aliphatic carbocycles. The minimum absolute atomic E-state index is 0.337. The first-order chi connectivity index (χ1) is 13.3. The fourth-order valence-electron chi connectivity index (χ4n) is 3.72. The van der Waals surface area contributed by atoms with Crippen LogP contribution in [0.5, 0.6) is 0 Å². The Labute approximate surface area is 161 Å². The molecule has 1 aromatic carbocycles. The zero-order valence-electron chi connectivity index (χ0n) is 16.8. The Hall–Kier alpha value is -3.29. The summed E-state index contributed by atoms with van der Waals surface area (Å²) in [5, 5.41) is 3.47. The molecule has 0 aliphatic rings. The van der Waals surface area contributed by atoms with Crippen LogP contribution in [0.1, 0.15) is 16.8 Å². The van der Waals surface area contributed by atoms with Crippen LogP contribution in [0.15, 0.2) is 34.0 Å². The average molecular weight is 380 g/mol. The molecular weight excluding hydrogens is 356 g/mol. The van der Waals surface area contributed by atoms with E-state index < -0.39 is 0 Å². The highest BCUT2D eigenvalue weighted by atomic mass is 16.2. The summed E-state index contributed by atoms with van der Waals surface area (Å²) in [7, 11) is 3.12. The molecule has 0 aliphatic heterocycles. The second-order valence-corrected chi connectivity index (χ2v) is 7.33. The van der Waals surface area contributed by atoms with Gasteiger partial charge in [-0.15, -0.1) is 0 Å². The van der Waals surface area contributed by atoms with E-state index >= 15 is 0 Å². The molecule has 0 saturated heterocycles. The predicted octanol–water partition coefficient (Wildman–Crippen LogP) is 1.72. The Kier molecular flexibility index (Phi) is 4.14. The zero-order valence-corrected chi connectivity index (χ0v) is 16.8. The van der Waals surface area contributed by atoms with Gasteiger partial charge < -0.3 is 9.88 Å². The molecule has 8 heteroatoms. The average Bonchev–Trinajstić information content (AvgIpc) is 3.16. The Morgan fingerprint density at radius 2 is 1.82 bits per heavy atom. The van der Waals surface area contributed by atoms with Crippen molar-refractivity contribution in [3.05, 3.63) is 62.1 Å². The number of rotatable bonds is 4. The maximum Gasteiger partial charge on any atom is 0.332 e. The van der Waals surface area contributed by atoms with E-state index in [0.29, 0.717) is 23.5 Å². The lowest BCUT2D eigenvalue weighted by Crippen LogP contribution is -2.37. The number of hydrogen-bond acceptors (Lipinski definition) is 4. The first-order valence-corrected chi connectivity index (χ1v) is 9.24. The van der Waals surface area contributed by atoms with Gasteiger partial charge in [-0.25, -0.2) is 4.79 Å². The molecule has 3 aromatic heterocycles. The van der Waals surface area contributed by atoms with E-state index in [9.17, 15) is 9.59 Å². The molecule has 3 heterocycles. The molecule has 8 nitrogen and oxygen atoms in total. The number of hydrogen-bond donors (Lipinski definition) is 1. The minimum atomic E-state index is -0.377. The number of fused-ring (bicyclic) bond motifs is 3. The summed E-state index contributed by atoms with van der Waals surface area (Å²) >= 11 is 0. The van der Waals surface area contributed by atoms with Crippen molar-refractivity contribution in [3.8, 4) is 0 Å². The van der Waals surface area contributed by atoms with Crippen molar-refractivity contribution in [1.29, 1.82) is 0 Å². The topological polar surface area (TPSA) is 78.3 Å². The summed E-state index contributed by atoms with van der Waals surface area (Å²) in [6.45, 7) is 7.57. The fourth-order valence-corrected chi connectivity index (χ4v) is 3.72. The van der Waals surface area contributed by atoms with Gasteiger partial charge in [-0.1, -0.05) is 17.7 Å². The third kappa shape index (κ3) is 2.64. The molecule has 0 fully saturated rings. The number of nitrogens with one attached hydrogen (secondary N) is 1. The van der Waals surface area contributed by atoms with Gasteiger partial charge in [-0.2, -0.15) is 4.98 Å². The highest BCUT2D eigenvalue weighted by Gasteiger charge is 2.18. The third-order valence-electron chi connectivity index (χ3n) is 5.29. The van der Waals surface area contributed by atoms with Crippen LogP contribution >= 0.6 is 0 Å². The smallest absolute Gasteiger partial charge is 0.332 e. The van der Waals surface area contributed by atoms with E-state index in [1.165, 1.54) is 22.7 Å². The zero-order chi connectivity index (χ0) is 20.2. The van der Waals surface area contributed by atoms with Crippen molar-refractivity contribution in [3.63, 3.8) is 0 Å². The molecule has 0 saturated carbocycles. The van der Waals surface area contributed by atoms with Crippen LogP contribution in [0.3, 0.4) is 0 Å². The quantitative estimate of drug-likeness (QED) is 0.585. The molecular formula is C20H24N6O2. The van der Waals surface area contributed by atoms with Gasteiger partial charge >= 0.3 is 5.69 Å². The first-order valence-electron chi connectivity index (χ1n) is 9.24. The van der Waals surface area contributed by atoms with Gasteiger partial charge in [0, 0.05) is 44.8 Å². The first kappa shape index (κ1) is 18.1.